The van der Waals surface area contributed by atoms with Crippen LogP contribution in [-0.4, -0.2) is 5.11 Å². The molecule has 0 fully saturated rings. The van der Waals surface area contributed by atoms with E-state index in [2.05, 4.69) is 12.2 Å². The highest BCUT2D eigenvalue weighted by molar-refractivity contribution is 5.57. The largest absolute Gasteiger partial charge is 0.508 e. The summed E-state index contributed by atoms with van der Waals surface area (Å²) in [5.41, 5.74) is 3.89. The molecule has 2 rings (SSSR count). The Balaban J connectivity index is 2.26. The molecule has 0 aliphatic heterocycles. The second-order valence-electron chi connectivity index (χ2n) is 5.11. The molecular formula is C17H20FNO. The molecule has 20 heavy (non-hydrogen) atoms. The van der Waals surface area contributed by atoms with Crippen LogP contribution in [0.15, 0.2) is 36.4 Å². The van der Waals surface area contributed by atoms with E-state index in [0.717, 1.165) is 28.8 Å². The van der Waals surface area contributed by atoms with Gasteiger partial charge in [-0.3, -0.25) is 0 Å². The van der Waals surface area contributed by atoms with Crippen LogP contribution in [0.5, 0.6) is 5.75 Å². The molecule has 0 amide bonds. The zero-order chi connectivity index (χ0) is 14.7. The van der Waals surface area contributed by atoms with Crippen LogP contribution in [0.1, 0.15) is 36.1 Å². The van der Waals surface area contributed by atoms with Crippen LogP contribution in [-0.2, 0) is 0 Å². The lowest BCUT2D eigenvalue weighted by Gasteiger charge is -2.21. The lowest BCUT2D eigenvalue weighted by atomic mass is 10.0. The van der Waals surface area contributed by atoms with E-state index >= 15 is 0 Å². The fourth-order valence-corrected chi connectivity index (χ4v) is 2.26. The SMILES string of the molecule is CCC(Nc1cc(C)c(O)cc1C)c1ccc(F)cc1. The number of benzene rings is 2. The van der Waals surface area contributed by atoms with Gasteiger partial charge in [0.05, 0.1) is 6.04 Å². The molecule has 0 heterocycles. The summed E-state index contributed by atoms with van der Waals surface area (Å²) >= 11 is 0. The first kappa shape index (κ1) is 14.4. The summed E-state index contributed by atoms with van der Waals surface area (Å²) in [5, 5.41) is 13.2. The summed E-state index contributed by atoms with van der Waals surface area (Å²) in [7, 11) is 0. The van der Waals surface area contributed by atoms with Gasteiger partial charge in [-0.15, -0.1) is 0 Å². The topological polar surface area (TPSA) is 32.3 Å². The number of anilines is 1. The minimum absolute atomic E-state index is 0.123. The first-order valence-corrected chi connectivity index (χ1v) is 6.83. The maximum Gasteiger partial charge on any atom is 0.123 e. The Morgan fingerprint density at radius 2 is 1.75 bits per heavy atom. The van der Waals surface area contributed by atoms with Crippen molar-refractivity contribution in [3.05, 3.63) is 58.9 Å². The molecule has 1 unspecified atom stereocenters. The first-order chi connectivity index (χ1) is 9.51. The molecular weight excluding hydrogens is 253 g/mol. The fraction of sp³-hybridized carbons (Fsp3) is 0.294. The number of nitrogens with one attached hydrogen (secondary N) is 1. The van der Waals surface area contributed by atoms with Gasteiger partial charge < -0.3 is 10.4 Å². The van der Waals surface area contributed by atoms with E-state index in [4.69, 9.17) is 0 Å². The first-order valence-electron chi connectivity index (χ1n) is 6.83. The number of phenols is 1. The van der Waals surface area contributed by atoms with Crippen molar-refractivity contribution in [2.24, 2.45) is 0 Å². The Labute approximate surface area is 119 Å². The molecule has 0 spiro atoms. The monoisotopic (exact) mass is 273 g/mol. The minimum Gasteiger partial charge on any atom is -0.508 e. The number of hydrogen-bond acceptors (Lipinski definition) is 2. The van der Waals surface area contributed by atoms with Crippen LogP contribution < -0.4 is 5.32 Å². The summed E-state index contributed by atoms with van der Waals surface area (Å²) in [6.45, 7) is 5.92. The molecule has 2 aromatic carbocycles. The zero-order valence-electron chi connectivity index (χ0n) is 12.1. The number of hydrogen-bond donors (Lipinski definition) is 2. The molecule has 3 heteroatoms. The molecule has 2 N–H and O–H groups in total. The maximum absolute atomic E-state index is 13.0. The van der Waals surface area contributed by atoms with Crippen LogP contribution in [0.4, 0.5) is 10.1 Å². The molecule has 0 aliphatic carbocycles. The third-order valence-electron chi connectivity index (χ3n) is 3.55. The minimum atomic E-state index is -0.222. The smallest absolute Gasteiger partial charge is 0.123 e. The third kappa shape index (κ3) is 3.10. The molecule has 2 aromatic rings. The van der Waals surface area contributed by atoms with Crippen molar-refractivity contribution >= 4 is 5.69 Å². The summed E-state index contributed by atoms with van der Waals surface area (Å²) in [6, 6.07) is 10.4. The highest BCUT2D eigenvalue weighted by Crippen LogP contribution is 2.29. The molecule has 0 aromatic heterocycles. The average Bonchev–Trinajstić information content (AvgIpc) is 2.42. The number of halogens is 1. The van der Waals surface area contributed by atoms with Crippen LogP contribution in [0.25, 0.3) is 0 Å². The van der Waals surface area contributed by atoms with Crippen molar-refractivity contribution in [3.8, 4) is 5.75 Å². The Bertz CT molecular complexity index is 593. The molecule has 1 atom stereocenters. The molecule has 0 radical (unpaired) electrons. The number of phenolic OH excluding ortho intramolecular Hbond substituents is 1. The highest BCUT2D eigenvalue weighted by atomic mass is 19.1. The van der Waals surface area contributed by atoms with Crippen molar-refractivity contribution in [1.29, 1.82) is 0 Å². The van der Waals surface area contributed by atoms with E-state index in [1.807, 2.05) is 19.9 Å². The fourth-order valence-electron chi connectivity index (χ4n) is 2.26. The number of aromatic hydroxyl groups is 1. The van der Waals surface area contributed by atoms with Crippen molar-refractivity contribution in [3.63, 3.8) is 0 Å². The summed E-state index contributed by atoms with van der Waals surface area (Å²) in [6.07, 6.45) is 0.894. The second kappa shape index (κ2) is 5.95. The zero-order valence-corrected chi connectivity index (χ0v) is 12.1. The Kier molecular flexibility index (Phi) is 4.28. The predicted octanol–water partition coefficient (Wildman–Crippen LogP) is 4.71. The normalized spacial score (nSPS) is 12.2. The van der Waals surface area contributed by atoms with Crippen molar-refractivity contribution in [2.75, 3.05) is 5.32 Å². The van der Waals surface area contributed by atoms with E-state index < -0.39 is 0 Å². The van der Waals surface area contributed by atoms with Crippen molar-refractivity contribution in [1.82, 2.24) is 0 Å². The summed E-state index contributed by atoms with van der Waals surface area (Å²) in [4.78, 5) is 0. The molecule has 0 aliphatic rings. The standard InChI is InChI=1S/C17H20FNO/c1-4-15(13-5-7-14(18)8-6-13)19-16-9-12(3)17(20)10-11(16)2/h5-10,15,19-20H,4H2,1-3H3. The van der Waals surface area contributed by atoms with Gasteiger partial charge in [0.25, 0.3) is 0 Å². The van der Waals surface area contributed by atoms with E-state index in [0.29, 0.717) is 5.75 Å². The van der Waals surface area contributed by atoms with Gasteiger partial charge in [-0.05, 0) is 61.2 Å². The quantitative estimate of drug-likeness (QED) is 0.791. The van der Waals surface area contributed by atoms with Gasteiger partial charge in [-0.25, -0.2) is 4.39 Å². The second-order valence-corrected chi connectivity index (χ2v) is 5.11. The van der Waals surface area contributed by atoms with Gasteiger partial charge >= 0.3 is 0 Å². The molecule has 0 saturated heterocycles. The third-order valence-corrected chi connectivity index (χ3v) is 3.55. The van der Waals surface area contributed by atoms with Gasteiger partial charge in [0.2, 0.25) is 0 Å². The lowest BCUT2D eigenvalue weighted by molar-refractivity contribution is 0.470. The van der Waals surface area contributed by atoms with E-state index in [9.17, 15) is 9.50 Å². The van der Waals surface area contributed by atoms with Gasteiger partial charge in [-0.2, -0.15) is 0 Å². The Hall–Kier alpha value is -2.03. The highest BCUT2D eigenvalue weighted by Gasteiger charge is 2.11. The van der Waals surface area contributed by atoms with Crippen molar-refractivity contribution in [2.45, 2.75) is 33.2 Å². The Morgan fingerprint density at radius 1 is 1.10 bits per heavy atom. The molecule has 0 saturated carbocycles. The van der Waals surface area contributed by atoms with Gasteiger partial charge in [-0.1, -0.05) is 19.1 Å². The average molecular weight is 273 g/mol. The van der Waals surface area contributed by atoms with Crippen LogP contribution in [0.3, 0.4) is 0 Å². The van der Waals surface area contributed by atoms with Crippen LogP contribution in [0, 0.1) is 19.7 Å². The maximum atomic E-state index is 13.0. The van der Waals surface area contributed by atoms with Crippen molar-refractivity contribution < 1.29 is 9.50 Å². The van der Waals surface area contributed by atoms with Gasteiger partial charge in [0.15, 0.2) is 0 Å². The van der Waals surface area contributed by atoms with Gasteiger partial charge in [0, 0.05) is 5.69 Å². The van der Waals surface area contributed by atoms with E-state index in [1.165, 1.54) is 12.1 Å². The number of rotatable bonds is 4. The summed E-state index contributed by atoms with van der Waals surface area (Å²) < 4.78 is 13.0. The summed E-state index contributed by atoms with van der Waals surface area (Å²) in [5.74, 6) is 0.0862. The van der Waals surface area contributed by atoms with Gasteiger partial charge in [0.1, 0.15) is 11.6 Å². The van der Waals surface area contributed by atoms with Crippen LogP contribution in [0.2, 0.25) is 0 Å². The molecule has 106 valence electrons. The molecule has 0 bridgehead atoms. The number of aryl methyl sites for hydroxylation is 2. The van der Waals surface area contributed by atoms with E-state index in [1.54, 1.807) is 18.2 Å². The predicted molar refractivity (Wildman–Crippen MR) is 80.6 cm³/mol. The van der Waals surface area contributed by atoms with E-state index in [-0.39, 0.29) is 11.9 Å². The molecule has 2 nitrogen and oxygen atoms in total. The lowest BCUT2D eigenvalue weighted by Crippen LogP contribution is -2.10. The van der Waals surface area contributed by atoms with Crippen LogP contribution >= 0.6 is 0 Å². The Morgan fingerprint density at radius 3 is 2.35 bits per heavy atom.